The van der Waals surface area contributed by atoms with E-state index >= 15 is 0 Å². The molecule has 0 aliphatic heterocycles. The third-order valence-corrected chi connectivity index (χ3v) is 3.04. The summed E-state index contributed by atoms with van der Waals surface area (Å²) in [5, 5.41) is 3.02. The van der Waals surface area contributed by atoms with Gasteiger partial charge in [0.25, 0.3) is 0 Å². The normalized spacial score (nSPS) is 10.3. The number of nitrogen functional groups attached to an aromatic ring is 1. The van der Waals surface area contributed by atoms with Gasteiger partial charge in [-0.25, -0.2) is 4.39 Å². The number of nitrogens with one attached hydrogen (secondary N) is 1. The van der Waals surface area contributed by atoms with E-state index in [0.29, 0.717) is 29.5 Å². The van der Waals surface area contributed by atoms with E-state index < -0.39 is 0 Å². The third kappa shape index (κ3) is 3.35. The maximum atomic E-state index is 13.6. The Morgan fingerprint density at radius 2 is 2.16 bits per heavy atom. The Morgan fingerprint density at radius 1 is 1.37 bits per heavy atom. The molecule has 2 aromatic rings. The van der Waals surface area contributed by atoms with Crippen LogP contribution in [0.1, 0.15) is 5.56 Å². The molecule has 19 heavy (non-hydrogen) atoms. The third-order valence-electron chi connectivity index (χ3n) is 2.55. The Bertz CT molecular complexity index is 592. The van der Waals surface area contributed by atoms with Crippen molar-refractivity contribution in [3.05, 3.63) is 46.2 Å². The zero-order valence-corrected chi connectivity index (χ0v) is 11.9. The molecule has 1 aromatic heterocycles. The number of hydrogen-bond acceptors (Lipinski definition) is 4. The molecule has 0 radical (unpaired) electrons. The van der Waals surface area contributed by atoms with Gasteiger partial charge in [-0.2, -0.15) is 4.98 Å². The van der Waals surface area contributed by atoms with Gasteiger partial charge in [-0.1, -0.05) is 15.9 Å². The molecule has 4 nitrogen and oxygen atoms in total. The number of methoxy groups -OCH3 is 1. The summed E-state index contributed by atoms with van der Waals surface area (Å²) in [5.74, 6) is 0.656. The SMILES string of the molecule is COc1nc(NCc2cc(Br)ccc2F)ccc1N. The van der Waals surface area contributed by atoms with Gasteiger partial charge < -0.3 is 15.8 Å². The zero-order chi connectivity index (χ0) is 13.8. The summed E-state index contributed by atoms with van der Waals surface area (Å²) in [6.07, 6.45) is 0. The van der Waals surface area contributed by atoms with Crippen molar-refractivity contribution in [2.45, 2.75) is 6.54 Å². The van der Waals surface area contributed by atoms with E-state index in [4.69, 9.17) is 10.5 Å². The highest BCUT2D eigenvalue weighted by atomic mass is 79.9. The van der Waals surface area contributed by atoms with Crippen molar-refractivity contribution < 1.29 is 9.13 Å². The van der Waals surface area contributed by atoms with Crippen molar-refractivity contribution in [1.82, 2.24) is 4.98 Å². The van der Waals surface area contributed by atoms with Crippen LogP contribution in [0.2, 0.25) is 0 Å². The van der Waals surface area contributed by atoms with Gasteiger partial charge in [0.1, 0.15) is 11.6 Å². The molecule has 6 heteroatoms. The summed E-state index contributed by atoms with van der Waals surface area (Å²) < 4.78 is 19.4. The Hall–Kier alpha value is -1.82. The highest BCUT2D eigenvalue weighted by Crippen LogP contribution is 2.21. The van der Waals surface area contributed by atoms with Crippen LogP contribution in [0.5, 0.6) is 5.88 Å². The largest absolute Gasteiger partial charge is 0.479 e. The van der Waals surface area contributed by atoms with E-state index in [1.165, 1.54) is 13.2 Å². The average Bonchev–Trinajstić information content (AvgIpc) is 2.41. The molecule has 0 saturated carbocycles. The molecule has 0 bridgehead atoms. The van der Waals surface area contributed by atoms with Crippen LogP contribution in [-0.4, -0.2) is 12.1 Å². The minimum absolute atomic E-state index is 0.266. The number of halogens is 2. The van der Waals surface area contributed by atoms with Crippen LogP contribution in [-0.2, 0) is 6.54 Å². The van der Waals surface area contributed by atoms with Crippen LogP contribution in [0.15, 0.2) is 34.8 Å². The molecule has 0 atom stereocenters. The molecule has 0 fully saturated rings. The van der Waals surface area contributed by atoms with Crippen LogP contribution in [0.3, 0.4) is 0 Å². The second-order valence-electron chi connectivity index (χ2n) is 3.88. The number of ether oxygens (including phenoxy) is 1. The van der Waals surface area contributed by atoms with Crippen LogP contribution >= 0.6 is 15.9 Å². The van der Waals surface area contributed by atoms with E-state index in [0.717, 1.165) is 4.47 Å². The van der Waals surface area contributed by atoms with Gasteiger partial charge in [0.15, 0.2) is 0 Å². The highest BCUT2D eigenvalue weighted by molar-refractivity contribution is 9.10. The van der Waals surface area contributed by atoms with Gasteiger partial charge in [-0.3, -0.25) is 0 Å². The van der Waals surface area contributed by atoms with E-state index in [9.17, 15) is 4.39 Å². The maximum Gasteiger partial charge on any atom is 0.238 e. The van der Waals surface area contributed by atoms with Gasteiger partial charge in [-0.05, 0) is 30.3 Å². The number of rotatable bonds is 4. The second kappa shape index (κ2) is 5.88. The fraction of sp³-hybridized carbons (Fsp3) is 0.154. The first-order valence-electron chi connectivity index (χ1n) is 5.58. The summed E-state index contributed by atoms with van der Waals surface area (Å²) in [6.45, 7) is 0.325. The summed E-state index contributed by atoms with van der Waals surface area (Å²) in [7, 11) is 1.50. The van der Waals surface area contributed by atoms with Crippen molar-refractivity contribution in [3.8, 4) is 5.88 Å². The molecule has 100 valence electrons. The smallest absolute Gasteiger partial charge is 0.238 e. The van der Waals surface area contributed by atoms with Crippen LogP contribution in [0.4, 0.5) is 15.9 Å². The summed E-state index contributed by atoms with van der Waals surface area (Å²) in [5.41, 5.74) is 6.68. The average molecular weight is 326 g/mol. The molecule has 1 heterocycles. The Morgan fingerprint density at radius 3 is 2.89 bits per heavy atom. The van der Waals surface area contributed by atoms with Crippen molar-refractivity contribution in [3.63, 3.8) is 0 Å². The van der Waals surface area contributed by atoms with E-state index in [1.54, 1.807) is 24.3 Å². The molecule has 1 aromatic carbocycles. The van der Waals surface area contributed by atoms with E-state index in [1.807, 2.05) is 0 Å². The number of benzene rings is 1. The van der Waals surface area contributed by atoms with E-state index in [2.05, 4.69) is 26.2 Å². The molecule has 0 amide bonds. The first kappa shape index (κ1) is 13.6. The molecule has 0 unspecified atom stereocenters. The first-order valence-corrected chi connectivity index (χ1v) is 6.38. The van der Waals surface area contributed by atoms with Crippen LogP contribution < -0.4 is 15.8 Å². The lowest BCUT2D eigenvalue weighted by Crippen LogP contribution is -2.05. The number of anilines is 2. The van der Waals surface area contributed by atoms with Gasteiger partial charge in [0.2, 0.25) is 5.88 Å². The Balaban J connectivity index is 2.12. The van der Waals surface area contributed by atoms with Gasteiger partial charge in [0.05, 0.1) is 12.8 Å². The van der Waals surface area contributed by atoms with Crippen molar-refractivity contribution in [2.75, 3.05) is 18.2 Å². The molecule has 0 aliphatic rings. The zero-order valence-electron chi connectivity index (χ0n) is 10.3. The molecular weight excluding hydrogens is 313 g/mol. The number of aromatic nitrogens is 1. The summed E-state index contributed by atoms with van der Waals surface area (Å²) in [4.78, 5) is 4.17. The fourth-order valence-corrected chi connectivity index (χ4v) is 1.99. The highest BCUT2D eigenvalue weighted by Gasteiger charge is 2.05. The van der Waals surface area contributed by atoms with Crippen molar-refractivity contribution in [2.24, 2.45) is 0 Å². The number of nitrogens with two attached hydrogens (primary N) is 1. The van der Waals surface area contributed by atoms with Crippen LogP contribution in [0.25, 0.3) is 0 Å². The standard InChI is InChI=1S/C13H13BrFN3O/c1-19-13-11(16)4-5-12(18-13)17-7-8-6-9(14)2-3-10(8)15/h2-6H,7,16H2,1H3,(H,17,18). The quantitative estimate of drug-likeness (QED) is 0.906. The van der Waals surface area contributed by atoms with Crippen molar-refractivity contribution in [1.29, 1.82) is 0 Å². The van der Waals surface area contributed by atoms with Gasteiger partial charge in [-0.15, -0.1) is 0 Å². The summed E-state index contributed by atoms with van der Waals surface area (Å²) in [6, 6.07) is 8.19. The lowest BCUT2D eigenvalue weighted by molar-refractivity contribution is 0.401. The maximum absolute atomic E-state index is 13.6. The first-order chi connectivity index (χ1) is 9.10. The Kier molecular flexibility index (Phi) is 4.21. The second-order valence-corrected chi connectivity index (χ2v) is 4.80. The van der Waals surface area contributed by atoms with E-state index in [-0.39, 0.29) is 5.82 Å². The monoisotopic (exact) mass is 325 g/mol. The molecule has 3 N–H and O–H groups in total. The predicted molar refractivity (Wildman–Crippen MR) is 76.6 cm³/mol. The van der Waals surface area contributed by atoms with Gasteiger partial charge >= 0.3 is 0 Å². The minimum atomic E-state index is -0.266. The topological polar surface area (TPSA) is 60.2 Å². The van der Waals surface area contributed by atoms with Crippen molar-refractivity contribution >= 4 is 27.4 Å². The number of pyridine rings is 1. The molecule has 2 rings (SSSR count). The molecule has 0 spiro atoms. The lowest BCUT2D eigenvalue weighted by Gasteiger charge is -2.09. The minimum Gasteiger partial charge on any atom is -0.479 e. The Labute approximate surface area is 118 Å². The molecular formula is C13H13BrFN3O. The molecule has 0 aliphatic carbocycles. The lowest BCUT2D eigenvalue weighted by atomic mass is 10.2. The fourth-order valence-electron chi connectivity index (χ4n) is 1.58. The molecule has 0 saturated heterocycles. The summed E-state index contributed by atoms with van der Waals surface area (Å²) >= 11 is 3.31. The predicted octanol–water partition coefficient (Wildman–Crippen LogP) is 3.19. The number of hydrogen-bond donors (Lipinski definition) is 2. The van der Waals surface area contributed by atoms with Gasteiger partial charge in [0, 0.05) is 16.6 Å². The van der Waals surface area contributed by atoms with Crippen LogP contribution in [0, 0.1) is 5.82 Å². The number of nitrogens with zero attached hydrogens (tertiary/aromatic N) is 1.